The molecular formula is C13H13BrFNO2. The molecule has 0 saturated heterocycles. The highest BCUT2D eigenvalue weighted by atomic mass is 79.9. The molecule has 1 aromatic carbocycles. The minimum Gasteiger partial charge on any atom is -0.484 e. The molecule has 2 aromatic rings. The number of benzene rings is 1. The van der Waals surface area contributed by atoms with E-state index in [0.29, 0.717) is 23.4 Å². The van der Waals surface area contributed by atoms with Gasteiger partial charge in [0.15, 0.2) is 0 Å². The molecule has 0 radical (unpaired) electrons. The molecule has 0 fully saturated rings. The lowest BCUT2D eigenvalue weighted by atomic mass is 10.3. The first-order valence-corrected chi connectivity index (χ1v) is 6.28. The van der Waals surface area contributed by atoms with Crippen LogP contribution in [0.25, 0.3) is 0 Å². The molecule has 0 amide bonds. The van der Waals surface area contributed by atoms with E-state index < -0.39 is 0 Å². The molecule has 3 nitrogen and oxygen atoms in total. The fourth-order valence-electron chi connectivity index (χ4n) is 1.51. The summed E-state index contributed by atoms with van der Waals surface area (Å²) in [7, 11) is 1.86. The molecule has 1 heterocycles. The standard InChI is InChI=1S/C13H13BrFNO2/c1-16-7-10-3-4-11(18-10)8-17-13-5-2-9(15)6-12(13)14/h2-6,16H,7-8H2,1H3. The van der Waals surface area contributed by atoms with Gasteiger partial charge in [0.25, 0.3) is 0 Å². The van der Waals surface area contributed by atoms with Crippen LogP contribution in [0.5, 0.6) is 5.75 Å². The molecule has 5 heteroatoms. The minimum absolute atomic E-state index is 0.302. The van der Waals surface area contributed by atoms with Crippen LogP contribution in [-0.4, -0.2) is 7.05 Å². The van der Waals surface area contributed by atoms with Crippen molar-refractivity contribution >= 4 is 15.9 Å². The number of furan rings is 1. The van der Waals surface area contributed by atoms with Gasteiger partial charge in [-0.3, -0.25) is 0 Å². The van der Waals surface area contributed by atoms with E-state index in [2.05, 4.69) is 21.2 Å². The molecule has 18 heavy (non-hydrogen) atoms. The lowest BCUT2D eigenvalue weighted by molar-refractivity contribution is 0.263. The molecule has 1 aromatic heterocycles. The number of rotatable bonds is 5. The molecule has 0 aliphatic carbocycles. The van der Waals surface area contributed by atoms with Gasteiger partial charge in [-0.25, -0.2) is 4.39 Å². The fraction of sp³-hybridized carbons (Fsp3) is 0.231. The summed E-state index contributed by atoms with van der Waals surface area (Å²) in [6.07, 6.45) is 0. The van der Waals surface area contributed by atoms with Gasteiger partial charge in [0.2, 0.25) is 0 Å². The summed E-state index contributed by atoms with van der Waals surface area (Å²) in [6.45, 7) is 0.994. The van der Waals surface area contributed by atoms with Crippen LogP contribution >= 0.6 is 15.9 Å². The highest BCUT2D eigenvalue weighted by Crippen LogP contribution is 2.26. The maximum absolute atomic E-state index is 12.9. The minimum atomic E-state index is -0.302. The van der Waals surface area contributed by atoms with Crippen molar-refractivity contribution in [2.45, 2.75) is 13.2 Å². The van der Waals surface area contributed by atoms with E-state index in [-0.39, 0.29) is 5.82 Å². The first kappa shape index (κ1) is 13.1. The second kappa shape index (κ2) is 6.02. The van der Waals surface area contributed by atoms with Crippen molar-refractivity contribution in [2.24, 2.45) is 0 Å². The summed E-state index contributed by atoms with van der Waals surface area (Å²) < 4.78 is 24.5. The Labute approximate surface area is 113 Å². The lowest BCUT2D eigenvalue weighted by Crippen LogP contribution is -2.03. The smallest absolute Gasteiger partial charge is 0.146 e. The van der Waals surface area contributed by atoms with Crippen LogP contribution in [0.15, 0.2) is 39.2 Å². The maximum atomic E-state index is 12.9. The Balaban J connectivity index is 1.97. The molecule has 0 bridgehead atoms. The third-order valence-electron chi connectivity index (χ3n) is 2.33. The van der Waals surface area contributed by atoms with Gasteiger partial charge in [-0.15, -0.1) is 0 Å². The third kappa shape index (κ3) is 3.34. The molecule has 0 aliphatic rings. The Morgan fingerprint density at radius 2 is 2.06 bits per heavy atom. The van der Waals surface area contributed by atoms with Crippen molar-refractivity contribution in [3.8, 4) is 5.75 Å². The summed E-state index contributed by atoms with van der Waals surface area (Å²) >= 11 is 3.25. The molecular weight excluding hydrogens is 301 g/mol. The van der Waals surface area contributed by atoms with Crippen molar-refractivity contribution in [1.29, 1.82) is 0 Å². The highest BCUT2D eigenvalue weighted by molar-refractivity contribution is 9.10. The van der Waals surface area contributed by atoms with Crippen LogP contribution in [0.3, 0.4) is 0 Å². The summed E-state index contributed by atoms with van der Waals surface area (Å²) in [5.74, 6) is 1.87. The van der Waals surface area contributed by atoms with Crippen molar-refractivity contribution < 1.29 is 13.5 Å². The van der Waals surface area contributed by atoms with E-state index in [1.807, 2.05) is 19.2 Å². The van der Waals surface area contributed by atoms with E-state index in [1.54, 1.807) is 6.07 Å². The van der Waals surface area contributed by atoms with Crippen molar-refractivity contribution in [1.82, 2.24) is 5.32 Å². The Morgan fingerprint density at radius 1 is 1.28 bits per heavy atom. The normalized spacial score (nSPS) is 10.6. The highest BCUT2D eigenvalue weighted by Gasteiger charge is 2.05. The van der Waals surface area contributed by atoms with Gasteiger partial charge in [-0.1, -0.05) is 0 Å². The molecule has 0 aliphatic heterocycles. The monoisotopic (exact) mass is 313 g/mol. The van der Waals surface area contributed by atoms with Crippen LogP contribution in [0.1, 0.15) is 11.5 Å². The maximum Gasteiger partial charge on any atom is 0.146 e. The summed E-state index contributed by atoms with van der Waals surface area (Å²) in [5.41, 5.74) is 0. The largest absolute Gasteiger partial charge is 0.484 e. The van der Waals surface area contributed by atoms with Gasteiger partial charge in [0.1, 0.15) is 29.7 Å². The van der Waals surface area contributed by atoms with Crippen LogP contribution in [0.4, 0.5) is 4.39 Å². The van der Waals surface area contributed by atoms with Gasteiger partial charge >= 0.3 is 0 Å². The number of halogens is 2. The van der Waals surface area contributed by atoms with Crippen LogP contribution in [-0.2, 0) is 13.2 Å². The second-order valence-electron chi connectivity index (χ2n) is 3.76. The van der Waals surface area contributed by atoms with Crippen LogP contribution in [0, 0.1) is 5.82 Å². The zero-order valence-electron chi connectivity index (χ0n) is 9.87. The van der Waals surface area contributed by atoms with Crippen molar-refractivity contribution in [3.05, 3.63) is 52.1 Å². The molecule has 2 rings (SSSR count). The van der Waals surface area contributed by atoms with Gasteiger partial charge in [0, 0.05) is 0 Å². The summed E-state index contributed by atoms with van der Waals surface area (Å²) in [6, 6.07) is 8.06. The Bertz CT molecular complexity index is 527. The zero-order valence-corrected chi connectivity index (χ0v) is 11.5. The Kier molecular flexibility index (Phi) is 4.38. The SMILES string of the molecule is CNCc1ccc(COc2ccc(F)cc2Br)o1. The molecule has 0 unspecified atom stereocenters. The molecule has 0 spiro atoms. The third-order valence-corrected chi connectivity index (χ3v) is 2.95. The van der Waals surface area contributed by atoms with Gasteiger partial charge in [-0.05, 0) is 53.3 Å². The van der Waals surface area contributed by atoms with E-state index in [4.69, 9.17) is 9.15 Å². The van der Waals surface area contributed by atoms with Gasteiger partial charge in [0.05, 0.1) is 11.0 Å². The second-order valence-corrected chi connectivity index (χ2v) is 4.62. The van der Waals surface area contributed by atoms with Crippen molar-refractivity contribution in [3.63, 3.8) is 0 Å². The van der Waals surface area contributed by atoms with E-state index >= 15 is 0 Å². The van der Waals surface area contributed by atoms with Gasteiger partial charge < -0.3 is 14.5 Å². The first-order valence-electron chi connectivity index (χ1n) is 5.49. The molecule has 0 saturated carbocycles. The van der Waals surface area contributed by atoms with Crippen LogP contribution in [0.2, 0.25) is 0 Å². The topological polar surface area (TPSA) is 34.4 Å². The Hall–Kier alpha value is -1.33. The first-order chi connectivity index (χ1) is 8.69. The number of nitrogens with one attached hydrogen (secondary N) is 1. The fourth-order valence-corrected chi connectivity index (χ4v) is 1.98. The molecule has 96 valence electrons. The predicted molar refractivity (Wildman–Crippen MR) is 69.9 cm³/mol. The number of ether oxygens (including phenoxy) is 1. The van der Waals surface area contributed by atoms with Crippen LogP contribution < -0.4 is 10.1 Å². The van der Waals surface area contributed by atoms with E-state index in [9.17, 15) is 4.39 Å². The summed E-state index contributed by atoms with van der Waals surface area (Å²) in [4.78, 5) is 0. The zero-order chi connectivity index (χ0) is 13.0. The number of hydrogen-bond donors (Lipinski definition) is 1. The Morgan fingerprint density at radius 3 is 2.78 bits per heavy atom. The number of hydrogen-bond acceptors (Lipinski definition) is 3. The average molecular weight is 314 g/mol. The van der Waals surface area contributed by atoms with Gasteiger partial charge in [-0.2, -0.15) is 0 Å². The molecule has 0 atom stereocenters. The van der Waals surface area contributed by atoms with Crippen molar-refractivity contribution in [2.75, 3.05) is 7.05 Å². The average Bonchev–Trinajstić information content (AvgIpc) is 2.76. The molecule has 1 N–H and O–H groups in total. The lowest BCUT2D eigenvalue weighted by Gasteiger charge is -2.06. The van der Waals surface area contributed by atoms with E-state index in [0.717, 1.165) is 11.5 Å². The predicted octanol–water partition coefficient (Wildman–Crippen LogP) is 3.48. The summed E-state index contributed by atoms with van der Waals surface area (Å²) in [5, 5.41) is 3.00. The van der Waals surface area contributed by atoms with E-state index in [1.165, 1.54) is 12.1 Å². The quantitative estimate of drug-likeness (QED) is 0.917.